The van der Waals surface area contributed by atoms with Crippen LogP contribution in [-0.4, -0.2) is 48.2 Å². The third-order valence-electron chi connectivity index (χ3n) is 4.99. The van der Waals surface area contributed by atoms with E-state index in [4.69, 9.17) is 5.11 Å². The Labute approximate surface area is 187 Å². The van der Waals surface area contributed by atoms with Crippen LogP contribution in [0.4, 0.5) is 0 Å². The number of carbonyl (C=O) groups excluding carboxylic acids is 1. The highest BCUT2D eigenvalue weighted by molar-refractivity contribution is 6.01. The van der Waals surface area contributed by atoms with Gasteiger partial charge in [0, 0.05) is 24.3 Å². The number of aromatic hydroxyl groups is 1. The van der Waals surface area contributed by atoms with Gasteiger partial charge in [0.2, 0.25) is 0 Å². The van der Waals surface area contributed by atoms with Crippen LogP contribution in [0.1, 0.15) is 22.5 Å². The van der Waals surface area contributed by atoms with Crippen molar-refractivity contribution >= 4 is 22.8 Å². The van der Waals surface area contributed by atoms with Gasteiger partial charge in [0.15, 0.2) is 11.4 Å². The van der Waals surface area contributed by atoms with E-state index in [0.717, 1.165) is 5.56 Å². The first-order valence-electron chi connectivity index (χ1n) is 10.0. The van der Waals surface area contributed by atoms with Gasteiger partial charge < -0.3 is 20.1 Å². The molecule has 4 rings (SSSR count). The van der Waals surface area contributed by atoms with Crippen LogP contribution >= 0.6 is 0 Å². The fraction of sp³-hybridized carbons (Fsp3) is 0.130. The number of carboxylic acid groups (broad SMARTS) is 1. The van der Waals surface area contributed by atoms with Crippen molar-refractivity contribution in [1.82, 2.24) is 24.8 Å². The number of carbonyl (C=O) groups is 2. The number of nitrogens with one attached hydrogen (secondary N) is 1. The molecule has 1 amide bonds. The smallest absolute Gasteiger partial charge is 0.305 e. The molecule has 0 bridgehead atoms. The third-order valence-corrected chi connectivity index (χ3v) is 4.99. The molecular weight excluding hydrogens is 426 g/mol. The van der Waals surface area contributed by atoms with Crippen molar-refractivity contribution in [1.29, 1.82) is 0 Å². The van der Waals surface area contributed by atoms with Gasteiger partial charge in [0.1, 0.15) is 0 Å². The lowest BCUT2D eigenvalue weighted by Crippen LogP contribution is -2.27. The molecule has 10 nitrogen and oxygen atoms in total. The van der Waals surface area contributed by atoms with Crippen molar-refractivity contribution in [2.45, 2.75) is 13.0 Å². The predicted molar refractivity (Wildman–Crippen MR) is 119 cm³/mol. The van der Waals surface area contributed by atoms with E-state index >= 15 is 0 Å². The van der Waals surface area contributed by atoms with Crippen LogP contribution in [0.25, 0.3) is 22.2 Å². The molecule has 0 aliphatic heterocycles. The van der Waals surface area contributed by atoms with Crippen LogP contribution in [0.5, 0.6) is 5.75 Å². The van der Waals surface area contributed by atoms with Gasteiger partial charge in [-0.3, -0.25) is 24.4 Å². The lowest BCUT2D eigenvalue weighted by Gasteiger charge is -2.15. The Hall–Kier alpha value is -4.60. The second-order valence-corrected chi connectivity index (χ2v) is 7.18. The molecule has 0 saturated heterocycles. The highest BCUT2D eigenvalue weighted by Gasteiger charge is 2.20. The number of carboxylic acids is 1. The molecule has 0 radical (unpaired) electrons. The Morgan fingerprint density at radius 2 is 1.85 bits per heavy atom. The number of hydrogen-bond donors (Lipinski definition) is 3. The molecule has 0 aliphatic rings. The Morgan fingerprint density at radius 1 is 1.06 bits per heavy atom. The molecule has 0 atom stereocenters. The zero-order chi connectivity index (χ0) is 23.4. The van der Waals surface area contributed by atoms with Gasteiger partial charge in [-0.05, 0) is 11.6 Å². The number of pyridine rings is 2. The van der Waals surface area contributed by atoms with Crippen LogP contribution in [0.15, 0.2) is 66.0 Å². The number of amides is 1. The molecule has 0 saturated carbocycles. The fourth-order valence-corrected chi connectivity index (χ4v) is 3.40. The van der Waals surface area contributed by atoms with Gasteiger partial charge in [0.05, 0.1) is 42.1 Å². The summed E-state index contributed by atoms with van der Waals surface area (Å²) in [4.78, 5) is 48.8. The maximum absolute atomic E-state index is 13.4. The third kappa shape index (κ3) is 4.54. The molecule has 0 fully saturated rings. The van der Waals surface area contributed by atoms with Gasteiger partial charge in [-0.1, -0.05) is 30.3 Å². The summed E-state index contributed by atoms with van der Waals surface area (Å²) in [6.45, 7) is 0.0846. The monoisotopic (exact) mass is 445 g/mol. The topological polar surface area (TPSA) is 147 Å². The number of rotatable bonds is 7. The average molecular weight is 445 g/mol. The van der Waals surface area contributed by atoms with Crippen molar-refractivity contribution < 1.29 is 19.8 Å². The van der Waals surface area contributed by atoms with E-state index in [1.807, 2.05) is 30.3 Å². The van der Waals surface area contributed by atoms with E-state index in [9.17, 15) is 19.5 Å². The van der Waals surface area contributed by atoms with Gasteiger partial charge >= 0.3 is 5.97 Å². The van der Waals surface area contributed by atoms with Gasteiger partial charge in [-0.25, -0.2) is 4.98 Å². The maximum atomic E-state index is 13.4. The molecule has 10 heteroatoms. The van der Waals surface area contributed by atoms with Gasteiger partial charge in [-0.15, -0.1) is 0 Å². The molecule has 166 valence electrons. The molecule has 1 aromatic carbocycles. The van der Waals surface area contributed by atoms with E-state index in [1.165, 1.54) is 35.4 Å². The van der Waals surface area contributed by atoms with Crippen LogP contribution in [0.2, 0.25) is 0 Å². The molecule has 0 aliphatic carbocycles. The Morgan fingerprint density at radius 3 is 2.55 bits per heavy atom. The summed E-state index contributed by atoms with van der Waals surface area (Å²) in [5, 5.41) is 22.3. The standard InChI is InChI=1S/C23H19N5O5/c29-19(30)6-7-26-22(32)20-21(31)16-10-15(17-11-24-8-9-25-17)23(33)28(18(16)12-27-20)13-14-4-2-1-3-5-14/h1-5,8-12,31H,6-7,13H2,(H,26,32)(H,29,30). The minimum Gasteiger partial charge on any atom is -0.505 e. The molecule has 3 heterocycles. The van der Waals surface area contributed by atoms with E-state index in [0.29, 0.717) is 11.2 Å². The molecule has 33 heavy (non-hydrogen) atoms. The van der Waals surface area contributed by atoms with E-state index in [2.05, 4.69) is 20.3 Å². The van der Waals surface area contributed by atoms with E-state index in [-0.39, 0.29) is 41.7 Å². The molecular formula is C23H19N5O5. The average Bonchev–Trinajstić information content (AvgIpc) is 2.82. The Balaban J connectivity index is 1.87. The summed E-state index contributed by atoms with van der Waals surface area (Å²) in [5.74, 6) is -2.21. The van der Waals surface area contributed by atoms with E-state index < -0.39 is 17.6 Å². The largest absolute Gasteiger partial charge is 0.505 e. The zero-order valence-corrected chi connectivity index (χ0v) is 17.3. The number of aliphatic carboxylic acids is 1. The highest BCUT2D eigenvalue weighted by Crippen LogP contribution is 2.29. The minimum atomic E-state index is -1.07. The lowest BCUT2D eigenvalue weighted by molar-refractivity contribution is -0.136. The van der Waals surface area contributed by atoms with Crippen molar-refractivity contribution in [2.24, 2.45) is 0 Å². The van der Waals surface area contributed by atoms with Crippen LogP contribution in [0.3, 0.4) is 0 Å². The summed E-state index contributed by atoms with van der Waals surface area (Å²) in [5.41, 5.74) is 1.07. The first kappa shape index (κ1) is 21.6. The van der Waals surface area contributed by atoms with Crippen molar-refractivity contribution in [3.8, 4) is 17.0 Å². The Bertz CT molecular complexity index is 1390. The molecule has 3 N–H and O–H groups in total. The van der Waals surface area contributed by atoms with Crippen LogP contribution in [0, 0.1) is 0 Å². The Kier molecular flexibility index (Phi) is 6.07. The first-order valence-corrected chi connectivity index (χ1v) is 10.0. The number of benzene rings is 1. The maximum Gasteiger partial charge on any atom is 0.305 e. The summed E-state index contributed by atoms with van der Waals surface area (Å²) in [6, 6.07) is 10.8. The molecule has 0 spiro atoms. The van der Waals surface area contributed by atoms with E-state index in [1.54, 1.807) is 0 Å². The second-order valence-electron chi connectivity index (χ2n) is 7.18. The summed E-state index contributed by atoms with van der Waals surface area (Å²) < 4.78 is 1.45. The number of fused-ring (bicyclic) bond motifs is 1. The summed E-state index contributed by atoms with van der Waals surface area (Å²) in [7, 11) is 0. The van der Waals surface area contributed by atoms with Crippen LogP contribution < -0.4 is 10.9 Å². The number of hydrogen-bond acceptors (Lipinski definition) is 7. The quantitative estimate of drug-likeness (QED) is 0.390. The zero-order valence-electron chi connectivity index (χ0n) is 17.3. The van der Waals surface area contributed by atoms with Crippen molar-refractivity contribution in [3.63, 3.8) is 0 Å². The van der Waals surface area contributed by atoms with Crippen LogP contribution in [-0.2, 0) is 11.3 Å². The normalized spacial score (nSPS) is 10.8. The molecule has 0 unspecified atom stereocenters. The fourth-order valence-electron chi connectivity index (χ4n) is 3.40. The van der Waals surface area contributed by atoms with Crippen molar-refractivity contribution in [3.05, 3.63) is 82.8 Å². The lowest BCUT2D eigenvalue weighted by atomic mass is 10.1. The van der Waals surface area contributed by atoms with Crippen molar-refractivity contribution in [2.75, 3.05) is 6.54 Å². The first-order chi connectivity index (χ1) is 16.0. The highest BCUT2D eigenvalue weighted by atomic mass is 16.4. The van der Waals surface area contributed by atoms with Gasteiger partial charge in [-0.2, -0.15) is 0 Å². The second kappa shape index (κ2) is 9.27. The van der Waals surface area contributed by atoms with Gasteiger partial charge in [0.25, 0.3) is 11.5 Å². The number of aromatic nitrogens is 4. The molecule has 3 aromatic heterocycles. The number of nitrogens with zero attached hydrogens (tertiary/aromatic N) is 4. The minimum absolute atomic E-state index is 0.119. The predicted octanol–water partition coefficient (Wildman–Crippen LogP) is 1.81. The molecule has 4 aromatic rings. The SMILES string of the molecule is O=C(O)CCNC(=O)c1ncc2c(cc(-c3cnccn3)c(=O)n2Cc2ccccc2)c1O. The summed E-state index contributed by atoms with van der Waals surface area (Å²) in [6.07, 6.45) is 5.44. The summed E-state index contributed by atoms with van der Waals surface area (Å²) >= 11 is 0.